The van der Waals surface area contributed by atoms with Crippen LogP contribution in [0, 0.1) is 5.92 Å². The predicted octanol–water partition coefficient (Wildman–Crippen LogP) is 3.54. The zero-order chi connectivity index (χ0) is 10.9. The second-order valence-electron chi connectivity index (χ2n) is 4.74. The van der Waals surface area contributed by atoms with Gasteiger partial charge in [0.25, 0.3) is 0 Å². The molecule has 15 heavy (non-hydrogen) atoms. The first-order valence-electron chi connectivity index (χ1n) is 5.55. The lowest BCUT2D eigenvalue weighted by molar-refractivity contribution is 0.0213. The molecule has 1 aliphatic carbocycles. The molecule has 2 heteroatoms. The number of rotatable bonds is 2. The smallest absolute Gasteiger partial charge is 0.0651 e. The molecule has 1 N–H and O–H groups in total. The molecule has 0 spiro atoms. The van der Waals surface area contributed by atoms with Gasteiger partial charge in [0.1, 0.15) is 0 Å². The molecule has 2 atom stereocenters. The number of halogens is 1. The molecule has 1 aliphatic rings. The molecule has 2 unspecified atom stereocenters. The zero-order valence-electron chi connectivity index (χ0n) is 9.04. The van der Waals surface area contributed by atoms with Crippen molar-refractivity contribution in [3.8, 4) is 0 Å². The lowest BCUT2D eigenvalue weighted by atomic mass is 9.87. The van der Waals surface area contributed by atoms with E-state index in [9.17, 15) is 5.11 Å². The van der Waals surface area contributed by atoms with Crippen LogP contribution >= 0.6 is 15.9 Å². The lowest BCUT2D eigenvalue weighted by Gasteiger charge is -2.25. The van der Waals surface area contributed by atoms with Crippen LogP contribution in [0.2, 0.25) is 0 Å². The van der Waals surface area contributed by atoms with E-state index in [1.807, 2.05) is 13.0 Å². The van der Waals surface area contributed by atoms with E-state index in [1.165, 1.54) is 5.56 Å². The van der Waals surface area contributed by atoms with Gasteiger partial charge in [0, 0.05) is 4.47 Å². The minimum absolute atomic E-state index is 0.413. The van der Waals surface area contributed by atoms with Gasteiger partial charge in [-0.1, -0.05) is 40.5 Å². The topological polar surface area (TPSA) is 20.2 Å². The summed E-state index contributed by atoms with van der Waals surface area (Å²) >= 11 is 3.56. The van der Waals surface area contributed by atoms with Crippen LogP contribution in [-0.4, -0.2) is 10.7 Å². The number of benzene rings is 1. The second-order valence-corrected chi connectivity index (χ2v) is 5.60. The molecular formula is C13H17BrO. The van der Waals surface area contributed by atoms with Crippen molar-refractivity contribution >= 4 is 15.9 Å². The molecule has 0 aromatic heterocycles. The number of hydrogen-bond donors (Lipinski definition) is 1. The summed E-state index contributed by atoms with van der Waals surface area (Å²) in [7, 11) is 0. The van der Waals surface area contributed by atoms with E-state index in [0.29, 0.717) is 5.92 Å². The van der Waals surface area contributed by atoms with Crippen LogP contribution in [-0.2, 0) is 6.42 Å². The van der Waals surface area contributed by atoms with Gasteiger partial charge in [-0.25, -0.2) is 0 Å². The van der Waals surface area contributed by atoms with Crippen LogP contribution in [0.5, 0.6) is 0 Å². The van der Waals surface area contributed by atoms with Crippen LogP contribution in [0.15, 0.2) is 28.7 Å². The SMILES string of the molecule is CC1(O)CCCC1Cc1ccccc1Br. The zero-order valence-corrected chi connectivity index (χ0v) is 10.6. The Labute approximate surface area is 99.6 Å². The average molecular weight is 269 g/mol. The third-order valence-electron chi connectivity index (χ3n) is 3.54. The van der Waals surface area contributed by atoms with Crippen LogP contribution < -0.4 is 0 Å². The van der Waals surface area contributed by atoms with Crippen molar-refractivity contribution in [1.82, 2.24) is 0 Å². The van der Waals surface area contributed by atoms with Gasteiger partial charge < -0.3 is 5.11 Å². The third-order valence-corrected chi connectivity index (χ3v) is 4.31. The molecule has 0 saturated heterocycles. The number of aliphatic hydroxyl groups is 1. The van der Waals surface area contributed by atoms with Gasteiger partial charge in [0.2, 0.25) is 0 Å². The van der Waals surface area contributed by atoms with Crippen molar-refractivity contribution in [2.24, 2.45) is 5.92 Å². The summed E-state index contributed by atoms with van der Waals surface area (Å²) in [6.45, 7) is 1.97. The van der Waals surface area contributed by atoms with E-state index in [0.717, 1.165) is 30.2 Å². The highest BCUT2D eigenvalue weighted by molar-refractivity contribution is 9.10. The van der Waals surface area contributed by atoms with Gasteiger partial charge in [-0.3, -0.25) is 0 Å². The Kier molecular flexibility index (Phi) is 3.17. The van der Waals surface area contributed by atoms with Crippen molar-refractivity contribution in [3.63, 3.8) is 0 Å². The highest BCUT2D eigenvalue weighted by atomic mass is 79.9. The fraction of sp³-hybridized carbons (Fsp3) is 0.538. The van der Waals surface area contributed by atoms with Crippen LogP contribution in [0.4, 0.5) is 0 Å². The maximum absolute atomic E-state index is 10.2. The molecule has 1 aromatic carbocycles. The molecule has 82 valence electrons. The van der Waals surface area contributed by atoms with Gasteiger partial charge in [-0.2, -0.15) is 0 Å². The first-order valence-corrected chi connectivity index (χ1v) is 6.35. The summed E-state index contributed by atoms with van der Waals surface area (Å²) < 4.78 is 1.16. The van der Waals surface area contributed by atoms with E-state index in [-0.39, 0.29) is 0 Å². The van der Waals surface area contributed by atoms with Gasteiger partial charge in [-0.05, 0) is 43.7 Å². The van der Waals surface area contributed by atoms with Crippen molar-refractivity contribution in [3.05, 3.63) is 34.3 Å². The summed E-state index contributed by atoms with van der Waals surface area (Å²) in [5.74, 6) is 0.413. The molecule has 0 radical (unpaired) electrons. The Morgan fingerprint density at radius 2 is 2.20 bits per heavy atom. The summed E-state index contributed by atoms with van der Waals surface area (Å²) in [5, 5.41) is 10.2. The van der Waals surface area contributed by atoms with Crippen LogP contribution in [0.3, 0.4) is 0 Å². The molecular weight excluding hydrogens is 252 g/mol. The summed E-state index contributed by atoms with van der Waals surface area (Å²) in [6, 6.07) is 8.29. The Bertz CT molecular complexity index is 346. The molecule has 1 fully saturated rings. The Balaban J connectivity index is 2.12. The minimum Gasteiger partial charge on any atom is -0.390 e. The van der Waals surface area contributed by atoms with Gasteiger partial charge in [0.15, 0.2) is 0 Å². The Morgan fingerprint density at radius 1 is 1.47 bits per heavy atom. The van der Waals surface area contributed by atoms with Crippen molar-refractivity contribution in [2.75, 3.05) is 0 Å². The van der Waals surface area contributed by atoms with Gasteiger partial charge in [-0.15, -0.1) is 0 Å². The maximum atomic E-state index is 10.2. The maximum Gasteiger partial charge on any atom is 0.0651 e. The van der Waals surface area contributed by atoms with E-state index in [1.54, 1.807) is 0 Å². The molecule has 1 nitrogen and oxygen atoms in total. The van der Waals surface area contributed by atoms with E-state index in [4.69, 9.17) is 0 Å². The summed E-state index contributed by atoms with van der Waals surface area (Å²) in [6.07, 6.45) is 4.23. The Hall–Kier alpha value is -0.340. The van der Waals surface area contributed by atoms with Crippen molar-refractivity contribution in [2.45, 2.75) is 38.2 Å². The van der Waals surface area contributed by atoms with Crippen molar-refractivity contribution < 1.29 is 5.11 Å². The van der Waals surface area contributed by atoms with E-state index >= 15 is 0 Å². The van der Waals surface area contributed by atoms with Crippen molar-refractivity contribution in [1.29, 1.82) is 0 Å². The van der Waals surface area contributed by atoms with Gasteiger partial charge >= 0.3 is 0 Å². The fourth-order valence-electron chi connectivity index (χ4n) is 2.47. The van der Waals surface area contributed by atoms with E-state index < -0.39 is 5.60 Å². The lowest BCUT2D eigenvalue weighted by Crippen LogP contribution is -2.30. The third kappa shape index (κ3) is 2.43. The average Bonchev–Trinajstić information content (AvgIpc) is 2.50. The van der Waals surface area contributed by atoms with Gasteiger partial charge in [0.05, 0.1) is 5.60 Å². The minimum atomic E-state index is -0.463. The normalized spacial score (nSPS) is 30.7. The largest absolute Gasteiger partial charge is 0.390 e. The fourth-order valence-corrected chi connectivity index (χ4v) is 2.92. The number of hydrogen-bond acceptors (Lipinski definition) is 1. The Morgan fingerprint density at radius 3 is 2.80 bits per heavy atom. The van der Waals surface area contributed by atoms with E-state index in [2.05, 4.69) is 34.1 Å². The standard InChI is InChI=1S/C13H17BrO/c1-13(15)8-4-6-11(13)9-10-5-2-3-7-12(10)14/h2-3,5,7,11,15H,4,6,8-9H2,1H3. The first kappa shape index (κ1) is 11.2. The molecule has 2 rings (SSSR count). The molecule has 0 amide bonds. The first-order chi connectivity index (χ1) is 7.09. The van der Waals surface area contributed by atoms with Crippen LogP contribution in [0.25, 0.3) is 0 Å². The highest BCUT2D eigenvalue weighted by Gasteiger charge is 2.36. The molecule has 0 bridgehead atoms. The molecule has 0 aliphatic heterocycles. The summed E-state index contributed by atoms with van der Waals surface area (Å²) in [4.78, 5) is 0. The second kappa shape index (κ2) is 4.26. The molecule has 1 saturated carbocycles. The monoisotopic (exact) mass is 268 g/mol. The highest BCUT2D eigenvalue weighted by Crippen LogP contribution is 2.38. The molecule has 0 heterocycles. The quantitative estimate of drug-likeness (QED) is 0.870. The summed E-state index contributed by atoms with van der Waals surface area (Å²) in [5.41, 5.74) is 0.847. The molecule has 1 aromatic rings. The van der Waals surface area contributed by atoms with Crippen LogP contribution in [0.1, 0.15) is 31.7 Å². The predicted molar refractivity (Wildman–Crippen MR) is 65.8 cm³/mol.